The van der Waals surface area contributed by atoms with Crippen LogP contribution < -0.4 is 10.2 Å². The number of aryl methyl sites for hydroxylation is 1. The third kappa shape index (κ3) is 3.26. The Bertz CT molecular complexity index is 711. The fraction of sp³-hybridized carbons (Fsp3) is 0.353. The number of amides is 2. The van der Waals surface area contributed by atoms with E-state index < -0.39 is 0 Å². The quantitative estimate of drug-likeness (QED) is 0.939. The first-order chi connectivity index (χ1) is 11.0. The average Bonchev–Trinajstić information content (AvgIpc) is 3.14. The summed E-state index contributed by atoms with van der Waals surface area (Å²) in [5, 5.41) is 6.82. The van der Waals surface area contributed by atoms with Crippen molar-refractivity contribution in [3.05, 3.63) is 47.7 Å². The summed E-state index contributed by atoms with van der Waals surface area (Å²) in [6, 6.07) is 11.3. The van der Waals surface area contributed by atoms with Crippen LogP contribution in [0.5, 0.6) is 0 Å². The van der Waals surface area contributed by atoms with Gasteiger partial charge in [0.05, 0.1) is 12.0 Å². The minimum atomic E-state index is -0.370. The van der Waals surface area contributed by atoms with E-state index >= 15 is 0 Å². The number of nitrogens with zero attached hydrogens (tertiary/aromatic N) is 2. The van der Waals surface area contributed by atoms with Crippen LogP contribution in [0.3, 0.4) is 0 Å². The Labute approximate surface area is 134 Å². The molecule has 1 aromatic carbocycles. The number of nitrogens with one attached hydrogen (secondary N) is 1. The predicted octanol–water partition coefficient (Wildman–Crippen LogP) is 2.21. The lowest BCUT2D eigenvalue weighted by Crippen LogP contribution is -2.34. The number of carbonyl (C=O) groups excluding carboxylic acids is 2. The molecule has 6 nitrogen and oxygen atoms in total. The molecule has 0 radical (unpaired) electrons. The lowest BCUT2D eigenvalue weighted by Gasteiger charge is -2.17. The number of carbonyl (C=O) groups is 2. The zero-order chi connectivity index (χ0) is 16.4. The standard InChI is InChI=1S/C17H19N3O3/c1-11-8-15(19-23-11)20-10-14(9-16(20)21)17(22)18-12(2)13-6-4-3-5-7-13/h3-8,12,14H,9-10H2,1-2H3,(H,18,22). The Kier molecular flexibility index (Phi) is 4.14. The molecule has 0 aliphatic carbocycles. The molecule has 1 aromatic heterocycles. The highest BCUT2D eigenvalue weighted by molar-refractivity contribution is 5.99. The normalized spacial score (nSPS) is 19.0. The minimum absolute atomic E-state index is 0.0952. The summed E-state index contributed by atoms with van der Waals surface area (Å²) in [5.41, 5.74) is 1.04. The molecular weight excluding hydrogens is 294 g/mol. The van der Waals surface area contributed by atoms with Crippen LogP contribution >= 0.6 is 0 Å². The second-order valence-corrected chi connectivity index (χ2v) is 5.84. The van der Waals surface area contributed by atoms with E-state index in [0.717, 1.165) is 5.56 Å². The van der Waals surface area contributed by atoms with E-state index in [1.54, 1.807) is 13.0 Å². The molecule has 2 heterocycles. The van der Waals surface area contributed by atoms with Gasteiger partial charge in [0.15, 0.2) is 5.82 Å². The molecule has 1 fully saturated rings. The average molecular weight is 313 g/mol. The lowest BCUT2D eigenvalue weighted by molar-refractivity contribution is -0.126. The zero-order valence-corrected chi connectivity index (χ0v) is 13.2. The van der Waals surface area contributed by atoms with Crippen molar-refractivity contribution in [2.24, 2.45) is 5.92 Å². The second-order valence-electron chi connectivity index (χ2n) is 5.84. The molecule has 2 atom stereocenters. The van der Waals surface area contributed by atoms with Gasteiger partial charge < -0.3 is 9.84 Å². The molecule has 6 heteroatoms. The Morgan fingerprint density at radius 3 is 2.78 bits per heavy atom. The molecule has 1 aliphatic heterocycles. The van der Waals surface area contributed by atoms with Gasteiger partial charge in [0.2, 0.25) is 11.8 Å². The number of benzene rings is 1. The van der Waals surface area contributed by atoms with Gasteiger partial charge in [0.25, 0.3) is 0 Å². The molecule has 1 saturated heterocycles. The van der Waals surface area contributed by atoms with E-state index in [0.29, 0.717) is 18.1 Å². The largest absolute Gasteiger partial charge is 0.360 e. The molecule has 0 saturated carbocycles. The van der Waals surface area contributed by atoms with Gasteiger partial charge in [-0.3, -0.25) is 14.5 Å². The maximum Gasteiger partial charge on any atom is 0.229 e. The Morgan fingerprint density at radius 2 is 2.13 bits per heavy atom. The van der Waals surface area contributed by atoms with Crippen molar-refractivity contribution in [1.29, 1.82) is 0 Å². The van der Waals surface area contributed by atoms with Gasteiger partial charge in [0, 0.05) is 19.0 Å². The molecule has 2 aromatic rings. The topological polar surface area (TPSA) is 75.4 Å². The van der Waals surface area contributed by atoms with Crippen LogP contribution in [-0.2, 0) is 9.59 Å². The predicted molar refractivity (Wildman–Crippen MR) is 84.7 cm³/mol. The molecule has 2 unspecified atom stereocenters. The van der Waals surface area contributed by atoms with E-state index in [1.807, 2.05) is 37.3 Å². The van der Waals surface area contributed by atoms with Crippen LogP contribution in [0.2, 0.25) is 0 Å². The first-order valence-corrected chi connectivity index (χ1v) is 7.63. The summed E-state index contributed by atoms with van der Waals surface area (Å²) >= 11 is 0. The van der Waals surface area contributed by atoms with Crippen molar-refractivity contribution in [3.8, 4) is 0 Å². The molecule has 120 valence electrons. The van der Waals surface area contributed by atoms with E-state index in [1.165, 1.54) is 4.90 Å². The second kappa shape index (κ2) is 6.24. The molecule has 3 rings (SSSR count). The summed E-state index contributed by atoms with van der Waals surface area (Å²) in [6.45, 7) is 4.03. The van der Waals surface area contributed by atoms with E-state index in [-0.39, 0.29) is 30.2 Å². The van der Waals surface area contributed by atoms with Crippen molar-refractivity contribution in [2.45, 2.75) is 26.3 Å². The molecule has 0 spiro atoms. The summed E-state index contributed by atoms with van der Waals surface area (Å²) in [4.78, 5) is 26.0. The number of rotatable bonds is 4. The van der Waals surface area contributed by atoms with E-state index in [9.17, 15) is 9.59 Å². The number of hydrogen-bond donors (Lipinski definition) is 1. The maximum absolute atomic E-state index is 12.4. The Morgan fingerprint density at radius 1 is 1.39 bits per heavy atom. The molecule has 23 heavy (non-hydrogen) atoms. The van der Waals surface area contributed by atoms with Crippen LogP contribution in [0.4, 0.5) is 5.82 Å². The number of hydrogen-bond acceptors (Lipinski definition) is 4. The highest BCUT2D eigenvalue weighted by Gasteiger charge is 2.36. The van der Waals surface area contributed by atoms with Crippen molar-refractivity contribution in [2.75, 3.05) is 11.4 Å². The summed E-state index contributed by atoms with van der Waals surface area (Å²) in [5.74, 6) is 0.520. The highest BCUT2D eigenvalue weighted by atomic mass is 16.5. The zero-order valence-electron chi connectivity index (χ0n) is 13.2. The van der Waals surface area contributed by atoms with Gasteiger partial charge in [-0.1, -0.05) is 35.5 Å². The summed E-state index contributed by atoms with van der Waals surface area (Å²) < 4.78 is 5.00. The van der Waals surface area contributed by atoms with Crippen molar-refractivity contribution < 1.29 is 14.1 Å². The fourth-order valence-electron chi connectivity index (χ4n) is 2.74. The van der Waals surface area contributed by atoms with Crippen LogP contribution in [-0.4, -0.2) is 23.5 Å². The third-order valence-electron chi connectivity index (χ3n) is 4.05. The fourth-order valence-corrected chi connectivity index (χ4v) is 2.74. The van der Waals surface area contributed by atoms with Crippen LogP contribution in [0, 0.1) is 12.8 Å². The van der Waals surface area contributed by atoms with Crippen LogP contribution in [0.1, 0.15) is 30.7 Å². The number of anilines is 1. The van der Waals surface area contributed by atoms with Crippen LogP contribution in [0.15, 0.2) is 40.9 Å². The van der Waals surface area contributed by atoms with Crippen LogP contribution in [0.25, 0.3) is 0 Å². The highest BCUT2D eigenvalue weighted by Crippen LogP contribution is 2.25. The Balaban J connectivity index is 1.64. The van der Waals surface area contributed by atoms with Crippen molar-refractivity contribution in [3.63, 3.8) is 0 Å². The molecule has 1 N–H and O–H groups in total. The first kappa shape index (κ1) is 15.3. The van der Waals surface area contributed by atoms with Gasteiger partial charge in [-0.15, -0.1) is 0 Å². The Hall–Kier alpha value is -2.63. The molecule has 1 aliphatic rings. The number of aromatic nitrogens is 1. The molecular formula is C17H19N3O3. The van der Waals surface area contributed by atoms with Crippen molar-refractivity contribution >= 4 is 17.6 Å². The van der Waals surface area contributed by atoms with Gasteiger partial charge in [-0.2, -0.15) is 0 Å². The lowest BCUT2D eigenvalue weighted by atomic mass is 10.1. The van der Waals surface area contributed by atoms with Gasteiger partial charge in [-0.25, -0.2) is 0 Å². The SMILES string of the molecule is Cc1cc(N2CC(C(=O)NC(C)c3ccccc3)CC2=O)no1. The first-order valence-electron chi connectivity index (χ1n) is 7.63. The maximum atomic E-state index is 12.4. The monoisotopic (exact) mass is 313 g/mol. The molecule has 2 amide bonds. The summed E-state index contributed by atoms with van der Waals surface area (Å²) in [7, 11) is 0. The smallest absolute Gasteiger partial charge is 0.229 e. The third-order valence-corrected chi connectivity index (χ3v) is 4.05. The van der Waals surface area contributed by atoms with Gasteiger partial charge >= 0.3 is 0 Å². The van der Waals surface area contributed by atoms with E-state index in [2.05, 4.69) is 10.5 Å². The molecule has 0 bridgehead atoms. The minimum Gasteiger partial charge on any atom is -0.360 e. The van der Waals surface area contributed by atoms with Gasteiger partial charge in [-0.05, 0) is 19.4 Å². The van der Waals surface area contributed by atoms with Gasteiger partial charge in [0.1, 0.15) is 5.76 Å². The summed E-state index contributed by atoms with van der Waals surface area (Å²) in [6.07, 6.45) is 0.194. The van der Waals surface area contributed by atoms with Crippen molar-refractivity contribution in [1.82, 2.24) is 10.5 Å². The van der Waals surface area contributed by atoms with E-state index in [4.69, 9.17) is 4.52 Å².